The standard InChI is InChI=1S/C18H23NO5/c20-16(6-5-13-3-1-2-4-15(13)17(21)22)19-14-7-9-24-18(11-14)8-10-23-12-18/h1-4,14H,5-12H2,(H,19,20)(H,21,22). The first-order chi connectivity index (χ1) is 11.6. The van der Waals surface area contributed by atoms with E-state index in [9.17, 15) is 14.7 Å². The average molecular weight is 333 g/mol. The summed E-state index contributed by atoms with van der Waals surface area (Å²) < 4.78 is 11.3. The van der Waals surface area contributed by atoms with Crippen LogP contribution >= 0.6 is 0 Å². The van der Waals surface area contributed by atoms with Crippen LogP contribution in [-0.4, -0.2) is 48.4 Å². The summed E-state index contributed by atoms with van der Waals surface area (Å²) in [5.41, 5.74) is 0.720. The maximum atomic E-state index is 12.2. The molecule has 2 N–H and O–H groups in total. The van der Waals surface area contributed by atoms with Crippen LogP contribution in [0.15, 0.2) is 24.3 Å². The lowest BCUT2D eigenvalue weighted by Gasteiger charge is -2.37. The fourth-order valence-electron chi connectivity index (χ4n) is 3.51. The van der Waals surface area contributed by atoms with Crippen molar-refractivity contribution in [3.63, 3.8) is 0 Å². The first-order valence-corrected chi connectivity index (χ1v) is 8.40. The van der Waals surface area contributed by atoms with E-state index >= 15 is 0 Å². The van der Waals surface area contributed by atoms with Crippen molar-refractivity contribution < 1.29 is 24.2 Å². The lowest BCUT2D eigenvalue weighted by molar-refractivity contribution is -0.125. The molecule has 0 saturated carbocycles. The molecule has 1 aromatic carbocycles. The summed E-state index contributed by atoms with van der Waals surface area (Å²) >= 11 is 0. The molecule has 2 aliphatic heterocycles. The maximum absolute atomic E-state index is 12.2. The van der Waals surface area contributed by atoms with Gasteiger partial charge in [0, 0.05) is 32.1 Å². The number of carboxylic acid groups (broad SMARTS) is 1. The molecule has 2 heterocycles. The van der Waals surface area contributed by atoms with Crippen molar-refractivity contribution in [1.82, 2.24) is 5.32 Å². The number of nitrogens with one attached hydrogen (secondary N) is 1. The van der Waals surface area contributed by atoms with Crippen LogP contribution in [0.2, 0.25) is 0 Å². The Kier molecular flexibility index (Phi) is 5.16. The van der Waals surface area contributed by atoms with Gasteiger partial charge in [-0.1, -0.05) is 18.2 Å². The summed E-state index contributed by atoms with van der Waals surface area (Å²) in [6.07, 6.45) is 3.17. The number of hydrogen-bond acceptors (Lipinski definition) is 4. The minimum absolute atomic E-state index is 0.0452. The van der Waals surface area contributed by atoms with Crippen molar-refractivity contribution >= 4 is 11.9 Å². The van der Waals surface area contributed by atoms with Gasteiger partial charge in [0.1, 0.15) is 0 Å². The van der Waals surface area contributed by atoms with Crippen LogP contribution in [0.4, 0.5) is 0 Å². The summed E-state index contributed by atoms with van der Waals surface area (Å²) in [6.45, 7) is 1.95. The number of benzene rings is 1. The van der Waals surface area contributed by atoms with Gasteiger partial charge in [-0.2, -0.15) is 0 Å². The molecule has 2 fully saturated rings. The molecule has 130 valence electrons. The minimum atomic E-state index is -0.960. The van der Waals surface area contributed by atoms with E-state index in [2.05, 4.69) is 5.32 Å². The van der Waals surface area contributed by atoms with Gasteiger partial charge < -0.3 is 19.9 Å². The molecule has 2 saturated heterocycles. The fraction of sp³-hybridized carbons (Fsp3) is 0.556. The molecule has 1 amide bonds. The normalized spacial score (nSPS) is 26.4. The molecule has 1 aromatic rings. The van der Waals surface area contributed by atoms with E-state index in [1.165, 1.54) is 0 Å². The maximum Gasteiger partial charge on any atom is 0.335 e. The number of aryl methyl sites for hydroxylation is 1. The summed E-state index contributed by atoms with van der Waals surface area (Å²) in [5.74, 6) is -1.00. The van der Waals surface area contributed by atoms with Crippen LogP contribution in [0, 0.1) is 0 Å². The number of carbonyl (C=O) groups excluding carboxylic acids is 1. The van der Waals surface area contributed by atoms with E-state index in [4.69, 9.17) is 9.47 Å². The van der Waals surface area contributed by atoms with Gasteiger partial charge in [0.2, 0.25) is 5.91 Å². The fourth-order valence-corrected chi connectivity index (χ4v) is 3.51. The van der Waals surface area contributed by atoms with Crippen LogP contribution < -0.4 is 5.32 Å². The van der Waals surface area contributed by atoms with Gasteiger partial charge in [0.05, 0.1) is 17.8 Å². The van der Waals surface area contributed by atoms with Crippen molar-refractivity contribution in [2.45, 2.75) is 43.7 Å². The molecular formula is C18H23NO5. The third-order valence-corrected chi connectivity index (χ3v) is 4.79. The molecule has 6 nitrogen and oxygen atoms in total. The van der Waals surface area contributed by atoms with Crippen molar-refractivity contribution in [2.24, 2.45) is 0 Å². The molecule has 0 radical (unpaired) electrons. The topological polar surface area (TPSA) is 84.9 Å². The molecule has 2 atom stereocenters. The van der Waals surface area contributed by atoms with Gasteiger partial charge >= 0.3 is 5.97 Å². The van der Waals surface area contributed by atoms with Gasteiger partial charge in [0.25, 0.3) is 0 Å². The Balaban J connectivity index is 1.52. The molecule has 0 aliphatic carbocycles. The summed E-state index contributed by atoms with van der Waals surface area (Å²) in [5, 5.41) is 12.3. The molecule has 6 heteroatoms. The Morgan fingerprint density at radius 1 is 1.29 bits per heavy atom. The number of amides is 1. The quantitative estimate of drug-likeness (QED) is 0.858. The second-order valence-corrected chi connectivity index (χ2v) is 6.55. The predicted octanol–water partition coefficient (Wildman–Crippen LogP) is 1.77. The van der Waals surface area contributed by atoms with E-state index in [1.54, 1.807) is 24.3 Å². The predicted molar refractivity (Wildman–Crippen MR) is 87.0 cm³/mol. The lowest BCUT2D eigenvalue weighted by atomic mass is 9.89. The Morgan fingerprint density at radius 3 is 2.88 bits per heavy atom. The van der Waals surface area contributed by atoms with Crippen LogP contribution in [0.5, 0.6) is 0 Å². The SMILES string of the molecule is O=C(CCc1ccccc1C(=O)O)NC1CCOC2(CCOC2)C1. The van der Waals surface area contributed by atoms with Gasteiger partial charge in [-0.15, -0.1) is 0 Å². The van der Waals surface area contributed by atoms with E-state index in [1.807, 2.05) is 0 Å². The van der Waals surface area contributed by atoms with E-state index < -0.39 is 5.97 Å². The van der Waals surface area contributed by atoms with Gasteiger partial charge in [0.15, 0.2) is 0 Å². The number of aromatic carboxylic acids is 1. The van der Waals surface area contributed by atoms with E-state index in [-0.39, 0.29) is 29.5 Å². The zero-order chi connectivity index (χ0) is 17.0. The summed E-state index contributed by atoms with van der Waals surface area (Å²) in [6, 6.07) is 6.91. The number of hydrogen-bond donors (Lipinski definition) is 2. The lowest BCUT2D eigenvalue weighted by Crippen LogP contribution is -2.49. The highest BCUT2D eigenvalue weighted by atomic mass is 16.6. The summed E-state index contributed by atoms with van der Waals surface area (Å²) in [7, 11) is 0. The molecule has 1 spiro atoms. The van der Waals surface area contributed by atoms with Crippen LogP contribution in [0.25, 0.3) is 0 Å². The number of carbonyl (C=O) groups is 2. The van der Waals surface area contributed by atoms with Crippen LogP contribution in [-0.2, 0) is 20.7 Å². The van der Waals surface area contributed by atoms with Crippen LogP contribution in [0.3, 0.4) is 0 Å². The number of rotatable bonds is 5. The molecular weight excluding hydrogens is 310 g/mol. The zero-order valence-electron chi connectivity index (χ0n) is 13.6. The Labute approximate surface area is 141 Å². The van der Waals surface area contributed by atoms with E-state index in [0.29, 0.717) is 31.8 Å². The van der Waals surface area contributed by atoms with Crippen molar-refractivity contribution in [3.8, 4) is 0 Å². The summed E-state index contributed by atoms with van der Waals surface area (Å²) in [4.78, 5) is 23.4. The highest BCUT2D eigenvalue weighted by molar-refractivity contribution is 5.89. The number of ether oxygens (including phenoxy) is 2. The minimum Gasteiger partial charge on any atom is -0.478 e. The molecule has 2 aliphatic rings. The molecule has 24 heavy (non-hydrogen) atoms. The highest BCUT2D eigenvalue weighted by Gasteiger charge is 2.41. The highest BCUT2D eigenvalue weighted by Crippen LogP contribution is 2.32. The van der Waals surface area contributed by atoms with Gasteiger partial charge in [-0.3, -0.25) is 4.79 Å². The van der Waals surface area contributed by atoms with Gasteiger partial charge in [-0.05, 0) is 30.9 Å². The van der Waals surface area contributed by atoms with Crippen LogP contribution in [0.1, 0.15) is 41.6 Å². The molecule has 3 rings (SSSR count). The molecule has 0 bridgehead atoms. The van der Waals surface area contributed by atoms with Gasteiger partial charge in [-0.25, -0.2) is 4.79 Å². The Morgan fingerprint density at radius 2 is 2.12 bits per heavy atom. The van der Waals surface area contributed by atoms with Crippen molar-refractivity contribution in [1.29, 1.82) is 0 Å². The average Bonchev–Trinajstić information content (AvgIpc) is 3.00. The monoisotopic (exact) mass is 333 g/mol. The number of carboxylic acids is 1. The molecule has 0 aromatic heterocycles. The Hall–Kier alpha value is -1.92. The first-order valence-electron chi connectivity index (χ1n) is 8.40. The second kappa shape index (κ2) is 7.32. The third kappa shape index (κ3) is 3.94. The molecule has 2 unspecified atom stereocenters. The first kappa shape index (κ1) is 16.9. The largest absolute Gasteiger partial charge is 0.478 e. The zero-order valence-corrected chi connectivity index (χ0v) is 13.6. The smallest absolute Gasteiger partial charge is 0.335 e. The third-order valence-electron chi connectivity index (χ3n) is 4.79. The Bertz CT molecular complexity index is 609. The second-order valence-electron chi connectivity index (χ2n) is 6.55. The van der Waals surface area contributed by atoms with E-state index in [0.717, 1.165) is 19.3 Å². The van der Waals surface area contributed by atoms with Crippen molar-refractivity contribution in [3.05, 3.63) is 35.4 Å². The van der Waals surface area contributed by atoms with Crippen molar-refractivity contribution in [2.75, 3.05) is 19.8 Å².